The first-order valence-corrected chi connectivity index (χ1v) is 11.4. The number of ether oxygens (including phenoxy) is 1. The fraction of sp³-hybridized carbons (Fsp3) is 0.250. The molecule has 1 amide bonds. The number of carbonyl (C=O) groups is 1. The molecule has 4 rings (SSSR count). The molecule has 4 aromatic rings. The molecule has 0 spiro atoms. The minimum atomic E-state index is -0.450. The van der Waals surface area contributed by atoms with E-state index in [0.29, 0.717) is 40.3 Å². The van der Waals surface area contributed by atoms with Crippen LogP contribution in [0.5, 0.6) is 5.75 Å². The minimum absolute atomic E-state index is 0.120. The summed E-state index contributed by atoms with van der Waals surface area (Å²) < 4.78 is 6.86. The molecule has 0 aliphatic carbocycles. The first kappa shape index (κ1) is 23.2. The Morgan fingerprint density at radius 2 is 1.59 bits per heavy atom. The molecule has 0 aliphatic heterocycles. The number of hydrogen-bond donors (Lipinski definition) is 0. The Kier molecular flexibility index (Phi) is 6.77. The van der Waals surface area contributed by atoms with Crippen LogP contribution in [0.15, 0.2) is 83.7 Å². The van der Waals surface area contributed by atoms with Crippen LogP contribution in [-0.4, -0.2) is 34.0 Å². The molecule has 0 bridgehead atoms. The van der Waals surface area contributed by atoms with E-state index in [-0.39, 0.29) is 17.4 Å². The van der Waals surface area contributed by atoms with Crippen LogP contribution in [0.3, 0.4) is 0 Å². The van der Waals surface area contributed by atoms with Crippen molar-refractivity contribution < 1.29 is 9.53 Å². The van der Waals surface area contributed by atoms with E-state index in [9.17, 15) is 9.59 Å². The minimum Gasteiger partial charge on any atom is -0.497 e. The summed E-state index contributed by atoms with van der Waals surface area (Å²) in [6.45, 7) is 6.58. The van der Waals surface area contributed by atoms with E-state index < -0.39 is 6.04 Å². The number of hydrogen-bond acceptors (Lipinski definition) is 4. The number of aromatic nitrogens is 2. The summed E-state index contributed by atoms with van der Waals surface area (Å²) in [6.07, 6.45) is 0. The second-order valence-corrected chi connectivity index (χ2v) is 8.72. The number of amides is 1. The smallest absolute Gasteiger partial charge is 0.266 e. The second-order valence-electron chi connectivity index (χ2n) is 8.72. The highest BCUT2D eigenvalue weighted by Gasteiger charge is 2.28. The van der Waals surface area contributed by atoms with Gasteiger partial charge in [-0.2, -0.15) is 0 Å². The largest absolute Gasteiger partial charge is 0.497 e. The number of nitrogens with zero attached hydrogens (tertiary/aromatic N) is 3. The van der Waals surface area contributed by atoms with Crippen LogP contribution in [0.2, 0.25) is 0 Å². The van der Waals surface area contributed by atoms with Gasteiger partial charge in [0.25, 0.3) is 11.5 Å². The van der Waals surface area contributed by atoms with E-state index in [2.05, 4.69) is 13.8 Å². The molecule has 0 aliphatic rings. The molecule has 0 radical (unpaired) electrons. The molecule has 6 nitrogen and oxygen atoms in total. The van der Waals surface area contributed by atoms with Gasteiger partial charge in [-0.25, -0.2) is 4.98 Å². The lowest BCUT2D eigenvalue weighted by molar-refractivity contribution is 0.0655. The second kappa shape index (κ2) is 9.91. The van der Waals surface area contributed by atoms with Crippen LogP contribution in [0.1, 0.15) is 43.0 Å². The van der Waals surface area contributed by atoms with E-state index in [1.165, 1.54) is 0 Å². The average molecular weight is 456 g/mol. The molecule has 1 unspecified atom stereocenters. The Bertz CT molecular complexity index is 1350. The van der Waals surface area contributed by atoms with Gasteiger partial charge in [0.1, 0.15) is 11.6 Å². The maximum atomic E-state index is 13.7. The fourth-order valence-electron chi connectivity index (χ4n) is 4.11. The lowest BCUT2D eigenvalue weighted by Gasteiger charge is -2.32. The van der Waals surface area contributed by atoms with Crippen LogP contribution in [-0.2, 0) is 0 Å². The van der Waals surface area contributed by atoms with E-state index in [1.54, 1.807) is 46.9 Å². The number of carbonyl (C=O) groups excluding carboxylic acids is 1. The van der Waals surface area contributed by atoms with Gasteiger partial charge in [-0.15, -0.1) is 0 Å². The van der Waals surface area contributed by atoms with Gasteiger partial charge in [-0.3, -0.25) is 14.2 Å². The molecular formula is C28H29N3O3. The summed E-state index contributed by atoms with van der Waals surface area (Å²) >= 11 is 0. The Hall–Kier alpha value is -3.93. The standard InChI is InChI=1S/C28H29N3O3/c1-19(2)18-30(27(32)21-14-16-23(34-4)17-15-21)20(3)26-29-25-13-9-8-12-24(25)28(33)31(26)22-10-6-5-7-11-22/h5-17,19-20H,18H2,1-4H3. The van der Waals surface area contributed by atoms with Gasteiger partial charge in [-0.1, -0.05) is 44.2 Å². The van der Waals surface area contributed by atoms with Gasteiger partial charge in [0.15, 0.2) is 0 Å². The van der Waals surface area contributed by atoms with E-state index in [4.69, 9.17) is 9.72 Å². The average Bonchev–Trinajstić information content (AvgIpc) is 2.87. The molecule has 34 heavy (non-hydrogen) atoms. The quantitative estimate of drug-likeness (QED) is 0.382. The van der Waals surface area contributed by atoms with Gasteiger partial charge < -0.3 is 9.64 Å². The number of para-hydroxylation sites is 2. The summed E-state index contributed by atoms with van der Waals surface area (Å²) in [4.78, 5) is 34.0. The molecule has 1 atom stereocenters. The lowest BCUT2D eigenvalue weighted by Crippen LogP contribution is -2.39. The van der Waals surface area contributed by atoms with Crippen molar-refractivity contribution in [3.8, 4) is 11.4 Å². The van der Waals surface area contributed by atoms with Crippen molar-refractivity contribution >= 4 is 16.8 Å². The van der Waals surface area contributed by atoms with Gasteiger partial charge in [-0.05, 0) is 61.4 Å². The van der Waals surface area contributed by atoms with Crippen LogP contribution < -0.4 is 10.3 Å². The highest BCUT2D eigenvalue weighted by atomic mass is 16.5. The zero-order chi connectivity index (χ0) is 24.2. The summed E-state index contributed by atoms with van der Waals surface area (Å²) in [5.74, 6) is 1.32. The van der Waals surface area contributed by atoms with Crippen LogP contribution in [0.4, 0.5) is 0 Å². The van der Waals surface area contributed by atoms with Crippen LogP contribution in [0.25, 0.3) is 16.6 Å². The van der Waals surface area contributed by atoms with Crippen molar-refractivity contribution in [1.82, 2.24) is 14.5 Å². The van der Waals surface area contributed by atoms with Crippen molar-refractivity contribution in [2.45, 2.75) is 26.8 Å². The molecule has 1 heterocycles. The predicted octanol–water partition coefficient (Wildman–Crippen LogP) is 5.25. The highest BCUT2D eigenvalue weighted by molar-refractivity contribution is 5.94. The van der Waals surface area contributed by atoms with Crippen LogP contribution in [0, 0.1) is 5.92 Å². The maximum absolute atomic E-state index is 13.7. The Labute approximate surface area is 199 Å². The molecule has 0 saturated carbocycles. The number of rotatable bonds is 7. The van der Waals surface area contributed by atoms with Crippen molar-refractivity contribution in [1.29, 1.82) is 0 Å². The molecule has 6 heteroatoms. The molecule has 0 N–H and O–H groups in total. The Balaban J connectivity index is 1.87. The third kappa shape index (κ3) is 4.57. The van der Waals surface area contributed by atoms with E-state index in [0.717, 1.165) is 0 Å². The first-order chi connectivity index (χ1) is 16.4. The SMILES string of the molecule is COc1ccc(C(=O)N(CC(C)C)C(C)c2nc3ccccc3c(=O)n2-c2ccccc2)cc1. The number of fused-ring (bicyclic) bond motifs is 1. The normalized spacial score (nSPS) is 12.0. The molecule has 1 aromatic heterocycles. The maximum Gasteiger partial charge on any atom is 0.266 e. The van der Waals surface area contributed by atoms with Gasteiger partial charge in [0.05, 0.1) is 29.7 Å². The summed E-state index contributed by atoms with van der Waals surface area (Å²) in [5, 5.41) is 0.541. The van der Waals surface area contributed by atoms with Crippen molar-refractivity contribution in [3.63, 3.8) is 0 Å². The topological polar surface area (TPSA) is 64.4 Å². The third-order valence-corrected chi connectivity index (χ3v) is 5.82. The lowest BCUT2D eigenvalue weighted by atomic mass is 10.1. The zero-order valence-electron chi connectivity index (χ0n) is 19.9. The van der Waals surface area contributed by atoms with Crippen LogP contribution >= 0.6 is 0 Å². The van der Waals surface area contributed by atoms with Crippen molar-refractivity contribution in [2.24, 2.45) is 5.92 Å². The van der Waals surface area contributed by atoms with Crippen molar-refractivity contribution in [3.05, 3.63) is 101 Å². The van der Waals surface area contributed by atoms with Gasteiger partial charge in [0.2, 0.25) is 0 Å². The predicted molar refractivity (Wildman–Crippen MR) is 135 cm³/mol. The summed E-state index contributed by atoms with van der Waals surface area (Å²) in [6, 6.07) is 23.4. The van der Waals surface area contributed by atoms with Crippen molar-refractivity contribution in [2.75, 3.05) is 13.7 Å². The van der Waals surface area contributed by atoms with E-state index >= 15 is 0 Å². The fourth-order valence-corrected chi connectivity index (χ4v) is 4.11. The summed E-state index contributed by atoms with van der Waals surface area (Å²) in [7, 11) is 1.60. The first-order valence-electron chi connectivity index (χ1n) is 11.4. The highest BCUT2D eigenvalue weighted by Crippen LogP contribution is 2.26. The molecule has 0 fully saturated rings. The van der Waals surface area contributed by atoms with Gasteiger partial charge in [0, 0.05) is 12.1 Å². The monoisotopic (exact) mass is 455 g/mol. The van der Waals surface area contributed by atoms with Gasteiger partial charge >= 0.3 is 0 Å². The van der Waals surface area contributed by atoms with E-state index in [1.807, 2.05) is 55.5 Å². The molecule has 174 valence electrons. The molecular weight excluding hydrogens is 426 g/mol. The molecule has 3 aromatic carbocycles. The number of benzene rings is 3. The Morgan fingerprint density at radius 1 is 0.941 bits per heavy atom. The summed E-state index contributed by atoms with van der Waals surface area (Å²) in [5.41, 5.74) is 1.74. The third-order valence-electron chi connectivity index (χ3n) is 5.82. The zero-order valence-corrected chi connectivity index (χ0v) is 19.9. The Morgan fingerprint density at radius 3 is 2.24 bits per heavy atom. The molecule has 0 saturated heterocycles. The number of methoxy groups -OCH3 is 1.